The van der Waals surface area contributed by atoms with E-state index in [0.29, 0.717) is 11.5 Å². The van der Waals surface area contributed by atoms with E-state index in [0.717, 1.165) is 0 Å². The van der Waals surface area contributed by atoms with Crippen LogP contribution in [0.3, 0.4) is 0 Å². The van der Waals surface area contributed by atoms with Crippen molar-refractivity contribution in [1.29, 1.82) is 0 Å². The van der Waals surface area contributed by atoms with Gasteiger partial charge in [-0.15, -0.1) is 10.2 Å². The van der Waals surface area contributed by atoms with E-state index in [1.807, 2.05) is 0 Å². The molecule has 1 atom stereocenters. The summed E-state index contributed by atoms with van der Waals surface area (Å²) in [5, 5.41) is 10.4. The first-order chi connectivity index (χ1) is 9.45. The van der Waals surface area contributed by atoms with Gasteiger partial charge in [0.25, 0.3) is 10.0 Å². The van der Waals surface area contributed by atoms with Crippen molar-refractivity contribution in [2.45, 2.75) is 18.0 Å². The molecule has 2 aromatic rings. The average molecular weight is 296 g/mol. The van der Waals surface area contributed by atoms with E-state index in [4.69, 9.17) is 0 Å². The quantitative estimate of drug-likeness (QED) is 0.822. The van der Waals surface area contributed by atoms with Crippen LogP contribution in [-0.4, -0.2) is 35.2 Å². The first-order valence-corrected chi connectivity index (χ1v) is 7.43. The summed E-state index contributed by atoms with van der Waals surface area (Å²) in [5.74, 6) is 0.524. The maximum absolute atomic E-state index is 12.4. The van der Waals surface area contributed by atoms with Gasteiger partial charge in [-0.3, -0.25) is 0 Å². The van der Waals surface area contributed by atoms with Gasteiger partial charge in [-0.25, -0.2) is 13.4 Å². The van der Waals surface area contributed by atoms with Crippen LogP contribution in [0.25, 0.3) is 0 Å². The van der Waals surface area contributed by atoms with Gasteiger partial charge in [-0.2, -0.15) is 4.72 Å². The Morgan fingerprint density at radius 3 is 2.75 bits per heavy atom. The monoisotopic (exact) mass is 296 g/mol. The molecule has 2 rings (SSSR count). The normalized spacial score (nSPS) is 13.2. The molecule has 0 aliphatic heterocycles. The lowest BCUT2D eigenvalue weighted by atomic mass is 10.3. The molecule has 0 saturated heterocycles. The molecule has 0 spiro atoms. The van der Waals surface area contributed by atoms with Gasteiger partial charge in [-0.1, -0.05) is 0 Å². The molecule has 2 N–H and O–H groups in total. The van der Waals surface area contributed by atoms with Crippen molar-refractivity contribution in [3.63, 3.8) is 0 Å². The third-order valence-electron chi connectivity index (χ3n) is 2.76. The minimum absolute atomic E-state index is 0.0449. The van der Waals surface area contributed by atoms with Crippen LogP contribution in [0.4, 0.5) is 5.69 Å². The van der Waals surface area contributed by atoms with Crippen molar-refractivity contribution in [3.05, 3.63) is 30.5 Å². The summed E-state index contributed by atoms with van der Waals surface area (Å²) in [4.78, 5) is 3.92. The summed E-state index contributed by atoms with van der Waals surface area (Å²) < 4.78 is 28.9. The predicted molar refractivity (Wildman–Crippen MR) is 73.5 cm³/mol. The topological polar surface area (TPSA) is 102 Å². The number of hydrogen-bond acceptors (Lipinski definition) is 6. The Morgan fingerprint density at radius 1 is 1.40 bits per heavy atom. The van der Waals surface area contributed by atoms with Crippen molar-refractivity contribution in [2.24, 2.45) is 7.05 Å². The summed E-state index contributed by atoms with van der Waals surface area (Å²) in [6, 6.07) is 2.80. The molecule has 8 nitrogen and oxygen atoms in total. The Kier molecular flexibility index (Phi) is 4.00. The molecule has 108 valence electrons. The highest BCUT2D eigenvalue weighted by molar-refractivity contribution is 7.89. The predicted octanol–water partition coefficient (Wildman–Crippen LogP) is 0.291. The Hall–Kier alpha value is -2.00. The minimum Gasteiger partial charge on any atom is -0.386 e. The number of anilines is 1. The maximum Gasteiger partial charge on any atom is 0.260 e. The Bertz CT molecular complexity index is 696. The first-order valence-electron chi connectivity index (χ1n) is 5.94. The van der Waals surface area contributed by atoms with Gasteiger partial charge >= 0.3 is 0 Å². The van der Waals surface area contributed by atoms with Crippen LogP contribution in [0.2, 0.25) is 0 Å². The highest BCUT2D eigenvalue weighted by Gasteiger charge is 2.24. The van der Waals surface area contributed by atoms with Crippen LogP contribution in [0.15, 0.2) is 29.7 Å². The fourth-order valence-electron chi connectivity index (χ4n) is 1.82. The lowest BCUT2D eigenvalue weighted by Gasteiger charge is -2.14. The van der Waals surface area contributed by atoms with Crippen LogP contribution in [0.5, 0.6) is 0 Å². The molecule has 0 radical (unpaired) electrons. The SMILES string of the molecule is CNc1cccnc1S(=O)(=O)NC(C)c1nncn1C. The van der Waals surface area contributed by atoms with Crippen LogP contribution in [0, 0.1) is 0 Å². The summed E-state index contributed by atoms with van der Waals surface area (Å²) in [6.07, 6.45) is 2.95. The van der Waals surface area contributed by atoms with Crippen LogP contribution in [0.1, 0.15) is 18.8 Å². The Balaban J connectivity index is 2.30. The lowest BCUT2D eigenvalue weighted by molar-refractivity contribution is 0.550. The third kappa shape index (κ3) is 2.78. The summed E-state index contributed by atoms with van der Waals surface area (Å²) in [7, 11) is -0.359. The van der Waals surface area contributed by atoms with Gasteiger partial charge in [0.05, 0.1) is 11.7 Å². The van der Waals surface area contributed by atoms with E-state index in [-0.39, 0.29) is 5.03 Å². The second-order valence-electron chi connectivity index (χ2n) is 4.25. The number of nitrogens with zero attached hydrogens (tertiary/aromatic N) is 4. The highest BCUT2D eigenvalue weighted by atomic mass is 32.2. The molecule has 2 heterocycles. The average Bonchev–Trinajstić information content (AvgIpc) is 2.84. The van der Waals surface area contributed by atoms with Gasteiger partial charge in [-0.05, 0) is 19.1 Å². The van der Waals surface area contributed by atoms with Crippen LogP contribution >= 0.6 is 0 Å². The molecular weight excluding hydrogens is 280 g/mol. The second kappa shape index (κ2) is 5.55. The molecule has 0 aliphatic carbocycles. The number of rotatable bonds is 5. The van der Waals surface area contributed by atoms with Crippen LogP contribution < -0.4 is 10.0 Å². The smallest absolute Gasteiger partial charge is 0.260 e. The minimum atomic E-state index is -3.75. The number of aryl methyl sites for hydroxylation is 1. The Labute approximate surface area is 117 Å². The molecule has 0 bridgehead atoms. The van der Waals surface area contributed by atoms with E-state index in [2.05, 4.69) is 25.2 Å². The number of aromatic nitrogens is 4. The van der Waals surface area contributed by atoms with E-state index in [1.165, 1.54) is 12.5 Å². The molecule has 0 amide bonds. The molecule has 2 aromatic heterocycles. The lowest BCUT2D eigenvalue weighted by Crippen LogP contribution is -2.29. The van der Waals surface area contributed by atoms with Gasteiger partial charge in [0.15, 0.2) is 5.03 Å². The van der Waals surface area contributed by atoms with Gasteiger partial charge in [0.1, 0.15) is 12.2 Å². The van der Waals surface area contributed by atoms with Crippen molar-refractivity contribution < 1.29 is 8.42 Å². The Morgan fingerprint density at radius 2 is 2.15 bits per heavy atom. The molecule has 0 saturated carbocycles. The number of pyridine rings is 1. The molecule has 20 heavy (non-hydrogen) atoms. The summed E-state index contributed by atoms with van der Waals surface area (Å²) in [5.41, 5.74) is 0.435. The first kappa shape index (κ1) is 14.4. The zero-order valence-electron chi connectivity index (χ0n) is 11.4. The number of hydrogen-bond donors (Lipinski definition) is 2. The molecule has 0 aromatic carbocycles. The van der Waals surface area contributed by atoms with Crippen LogP contribution in [-0.2, 0) is 17.1 Å². The summed E-state index contributed by atoms with van der Waals surface area (Å²) >= 11 is 0. The van der Waals surface area contributed by atoms with Crippen molar-refractivity contribution in [2.75, 3.05) is 12.4 Å². The standard InChI is InChI=1S/C11H16N6O2S/c1-8(10-15-14-7-17(10)3)16-20(18,19)11-9(12-2)5-4-6-13-11/h4-8,12,16H,1-3H3. The maximum atomic E-state index is 12.4. The second-order valence-corrected chi connectivity index (χ2v) is 5.88. The van der Waals surface area contributed by atoms with Gasteiger partial charge in [0.2, 0.25) is 0 Å². The molecular formula is C11H16N6O2S. The molecule has 1 unspecified atom stereocenters. The van der Waals surface area contributed by atoms with Crippen molar-refractivity contribution in [3.8, 4) is 0 Å². The summed E-state index contributed by atoms with van der Waals surface area (Å²) in [6.45, 7) is 1.70. The zero-order valence-corrected chi connectivity index (χ0v) is 12.2. The number of nitrogens with one attached hydrogen (secondary N) is 2. The third-order valence-corrected chi connectivity index (χ3v) is 4.26. The van der Waals surface area contributed by atoms with Crippen molar-refractivity contribution in [1.82, 2.24) is 24.5 Å². The van der Waals surface area contributed by atoms with Crippen molar-refractivity contribution >= 4 is 15.7 Å². The largest absolute Gasteiger partial charge is 0.386 e. The molecule has 9 heteroatoms. The molecule has 0 fully saturated rings. The number of sulfonamides is 1. The van der Waals surface area contributed by atoms with E-state index < -0.39 is 16.1 Å². The van der Waals surface area contributed by atoms with Gasteiger partial charge < -0.3 is 9.88 Å². The molecule has 0 aliphatic rings. The van der Waals surface area contributed by atoms with Gasteiger partial charge in [0, 0.05) is 20.3 Å². The fourth-order valence-corrected chi connectivity index (χ4v) is 3.16. The van der Waals surface area contributed by atoms with E-state index in [1.54, 1.807) is 37.7 Å². The fraction of sp³-hybridized carbons (Fsp3) is 0.364. The van der Waals surface area contributed by atoms with E-state index in [9.17, 15) is 8.42 Å². The van der Waals surface area contributed by atoms with E-state index >= 15 is 0 Å². The highest BCUT2D eigenvalue weighted by Crippen LogP contribution is 2.19. The zero-order chi connectivity index (χ0) is 14.8.